The minimum Gasteiger partial charge on any atom is -0.479 e. The van der Waals surface area contributed by atoms with E-state index in [0.717, 1.165) is 33.3 Å². The van der Waals surface area contributed by atoms with Gasteiger partial charge in [-0.05, 0) is 99.0 Å². The molecule has 1 saturated carbocycles. The predicted octanol–water partition coefficient (Wildman–Crippen LogP) is 6.53. The van der Waals surface area contributed by atoms with Crippen LogP contribution in [0.15, 0.2) is 66.7 Å². The van der Waals surface area contributed by atoms with Crippen LogP contribution in [0.4, 0.5) is 0 Å². The van der Waals surface area contributed by atoms with Gasteiger partial charge in [0.25, 0.3) is 5.91 Å². The standard InChI is InChI=1S/C32H34N2O4/c1-19-21(3)34(18-23-8-13-28(14-9-23)38-22(4)32(36)37)30-15-12-27(17-29(19)30)31(35)33-20(2)25-6-5-7-26(16-25)24-10-11-24/h5-9,12-17,20,22,24H,10-11,18H2,1-4H3,(H,33,35)(H,36,37)/t20-,22-/m0/s1. The quantitative estimate of drug-likeness (QED) is 0.268. The number of carbonyl (C=O) groups excluding carboxylic acids is 1. The molecule has 0 spiro atoms. The lowest BCUT2D eigenvalue weighted by molar-refractivity contribution is -0.144. The molecule has 6 heteroatoms. The zero-order chi connectivity index (χ0) is 27.0. The molecule has 0 unspecified atom stereocenters. The number of aromatic nitrogens is 1. The second-order valence-corrected chi connectivity index (χ2v) is 10.4. The summed E-state index contributed by atoms with van der Waals surface area (Å²) in [4.78, 5) is 24.2. The summed E-state index contributed by atoms with van der Waals surface area (Å²) >= 11 is 0. The van der Waals surface area contributed by atoms with Crippen molar-refractivity contribution < 1.29 is 19.4 Å². The van der Waals surface area contributed by atoms with Crippen LogP contribution in [0.3, 0.4) is 0 Å². The van der Waals surface area contributed by atoms with Gasteiger partial charge in [-0.2, -0.15) is 0 Å². The van der Waals surface area contributed by atoms with Gasteiger partial charge < -0.3 is 19.7 Å². The van der Waals surface area contributed by atoms with E-state index in [1.165, 1.54) is 25.3 Å². The third-order valence-electron chi connectivity index (χ3n) is 7.63. The van der Waals surface area contributed by atoms with Crippen LogP contribution in [-0.4, -0.2) is 27.7 Å². The number of amides is 1. The van der Waals surface area contributed by atoms with Crippen LogP contribution < -0.4 is 10.1 Å². The highest BCUT2D eigenvalue weighted by Gasteiger charge is 2.24. The molecule has 0 radical (unpaired) electrons. The van der Waals surface area contributed by atoms with E-state index in [9.17, 15) is 9.59 Å². The molecular formula is C32H34N2O4. The summed E-state index contributed by atoms with van der Waals surface area (Å²) in [5, 5.41) is 13.3. The number of benzene rings is 3. The molecule has 1 heterocycles. The highest BCUT2D eigenvalue weighted by molar-refractivity contribution is 5.99. The van der Waals surface area contributed by atoms with E-state index in [0.29, 0.717) is 23.8 Å². The summed E-state index contributed by atoms with van der Waals surface area (Å²) in [6.45, 7) is 8.38. The van der Waals surface area contributed by atoms with Gasteiger partial charge in [0.15, 0.2) is 6.10 Å². The number of aliphatic carboxylic acids is 1. The lowest BCUT2D eigenvalue weighted by atomic mass is 10.0. The van der Waals surface area contributed by atoms with Gasteiger partial charge >= 0.3 is 5.97 Å². The zero-order valence-corrected chi connectivity index (χ0v) is 22.3. The van der Waals surface area contributed by atoms with Crippen LogP contribution in [0.1, 0.15) is 77.0 Å². The van der Waals surface area contributed by atoms with Gasteiger partial charge in [-0.3, -0.25) is 4.79 Å². The second kappa shape index (κ2) is 10.4. The molecule has 0 bridgehead atoms. The van der Waals surface area contributed by atoms with Gasteiger partial charge in [-0.1, -0.05) is 36.4 Å². The maximum Gasteiger partial charge on any atom is 0.344 e. The fourth-order valence-electron chi connectivity index (χ4n) is 4.97. The number of ether oxygens (including phenoxy) is 1. The van der Waals surface area contributed by atoms with E-state index in [1.54, 1.807) is 12.1 Å². The third kappa shape index (κ3) is 5.30. The van der Waals surface area contributed by atoms with Crippen molar-refractivity contribution in [3.63, 3.8) is 0 Å². The molecule has 5 rings (SSSR count). The Bertz CT molecular complexity index is 1500. The van der Waals surface area contributed by atoms with Crippen molar-refractivity contribution in [3.8, 4) is 5.75 Å². The topological polar surface area (TPSA) is 80.6 Å². The Morgan fingerprint density at radius 3 is 2.45 bits per heavy atom. The van der Waals surface area contributed by atoms with Gasteiger partial charge in [0, 0.05) is 28.7 Å². The van der Waals surface area contributed by atoms with Crippen LogP contribution in [0, 0.1) is 13.8 Å². The van der Waals surface area contributed by atoms with Crippen molar-refractivity contribution in [2.45, 2.75) is 65.1 Å². The van der Waals surface area contributed by atoms with Crippen LogP contribution >= 0.6 is 0 Å². The van der Waals surface area contributed by atoms with Crippen molar-refractivity contribution in [2.75, 3.05) is 0 Å². The molecule has 1 aliphatic rings. The number of carbonyl (C=O) groups is 2. The Hall–Kier alpha value is -4.06. The minimum absolute atomic E-state index is 0.0743. The number of hydrogen-bond donors (Lipinski definition) is 2. The van der Waals surface area contributed by atoms with Gasteiger partial charge in [0.2, 0.25) is 0 Å². The van der Waals surface area contributed by atoms with E-state index in [-0.39, 0.29) is 11.9 Å². The predicted molar refractivity (Wildman–Crippen MR) is 149 cm³/mol. The van der Waals surface area contributed by atoms with Crippen LogP contribution in [0.5, 0.6) is 5.75 Å². The van der Waals surface area contributed by atoms with Crippen LogP contribution in [0.25, 0.3) is 10.9 Å². The Morgan fingerprint density at radius 2 is 1.76 bits per heavy atom. The fourth-order valence-corrected chi connectivity index (χ4v) is 4.97. The first-order valence-corrected chi connectivity index (χ1v) is 13.2. The van der Waals surface area contributed by atoms with Crippen LogP contribution in [-0.2, 0) is 11.3 Å². The molecule has 2 N–H and O–H groups in total. The van der Waals surface area contributed by atoms with Gasteiger partial charge in [0.05, 0.1) is 6.04 Å². The van der Waals surface area contributed by atoms with Crippen molar-refractivity contribution in [1.29, 1.82) is 0 Å². The number of nitrogens with one attached hydrogen (secondary N) is 1. The Balaban J connectivity index is 1.32. The average molecular weight is 511 g/mol. The summed E-state index contributed by atoms with van der Waals surface area (Å²) in [6.07, 6.45) is 1.62. The lowest BCUT2D eigenvalue weighted by Crippen LogP contribution is -2.26. The molecule has 4 aromatic rings. The second-order valence-electron chi connectivity index (χ2n) is 10.4. The zero-order valence-electron chi connectivity index (χ0n) is 22.3. The molecule has 1 aromatic heterocycles. The van der Waals surface area contributed by atoms with Gasteiger partial charge in [-0.25, -0.2) is 4.79 Å². The summed E-state index contributed by atoms with van der Waals surface area (Å²) in [6, 6.07) is 21.9. The molecule has 0 aliphatic heterocycles. The largest absolute Gasteiger partial charge is 0.479 e. The summed E-state index contributed by atoms with van der Waals surface area (Å²) in [5.41, 5.74) is 7.59. The summed E-state index contributed by atoms with van der Waals surface area (Å²) in [7, 11) is 0. The number of rotatable bonds is 9. The molecule has 3 aromatic carbocycles. The molecule has 1 amide bonds. The first-order valence-electron chi connectivity index (χ1n) is 13.2. The van der Waals surface area contributed by atoms with Crippen molar-refractivity contribution in [1.82, 2.24) is 9.88 Å². The molecular weight excluding hydrogens is 476 g/mol. The van der Waals surface area contributed by atoms with Crippen molar-refractivity contribution in [2.24, 2.45) is 0 Å². The lowest BCUT2D eigenvalue weighted by Gasteiger charge is -2.16. The Kier molecular flexibility index (Phi) is 6.98. The highest BCUT2D eigenvalue weighted by atomic mass is 16.5. The maximum absolute atomic E-state index is 13.2. The molecule has 2 atom stereocenters. The third-order valence-corrected chi connectivity index (χ3v) is 7.63. The molecule has 6 nitrogen and oxygen atoms in total. The van der Waals surface area contributed by atoms with Gasteiger partial charge in [0.1, 0.15) is 5.75 Å². The molecule has 38 heavy (non-hydrogen) atoms. The number of hydrogen-bond acceptors (Lipinski definition) is 3. The minimum atomic E-state index is -0.996. The average Bonchev–Trinajstić information content (AvgIpc) is 3.74. The summed E-state index contributed by atoms with van der Waals surface area (Å²) < 4.78 is 7.69. The maximum atomic E-state index is 13.2. The molecule has 0 saturated heterocycles. The molecule has 196 valence electrons. The number of aryl methyl sites for hydroxylation is 1. The van der Waals surface area contributed by atoms with Crippen LogP contribution in [0.2, 0.25) is 0 Å². The molecule has 1 fully saturated rings. The number of carboxylic acids is 1. The van der Waals surface area contributed by atoms with E-state index in [1.807, 2.05) is 37.3 Å². The van der Waals surface area contributed by atoms with E-state index >= 15 is 0 Å². The van der Waals surface area contributed by atoms with Gasteiger partial charge in [-0.15, -0.1) is 0 Å². The normalized spacial score (nSPS) is 14.7. The van der Waals surface area contributed by atoms with E-state index in [4.69, 9.17) is 9.84 Å². The highest BCUT2D eigenvalue weighted by Crippen LogP contribution is 2.40. The first-order chi connectivity index (χ1) is 18.2. The number of carboxylic acid groups (broad SMARTS) is 1. The number of nitrogens with zero attached hydrogens (tertiary/aromatic N) is 1. The number of fused-ring (bicyclic) bond motifs is 1. The Morgan fingerprint density at radius 1 is 1.03 bits per heavy atom. The molecule has 1 aliphatic carbocycles. The SMILES string of the molecule is Cc1c(C)n(Cc2ccc(O[C@@H](C)C(=O)O)cc2)c2ccc(C(=O)N[C@@H](C)c3cccc(C4CC4)c3)cc12. The summed E-state index contributed by atoms with van der Waals surface area (Å²) in [5.74, 6) is 0.136. The first kappa shape index (κ1) is 25.6. The van der Waals surface area contributed by atoms with E-state index < -0.39 is 12.1 Å². The van der Waals surface area contributed by atoms with Crippen molar-refractivity contribution in [3.05, 3.63) is 100 Å². The monoisotopic (exact) mass is 510 g/mol. The fraction of sp³-hybridized carbons (Fsp3) is 0.312. The Labute approximate surface area is 223 Å². The van der Waals surface area contributed by atoms with E-state index in [2.05, 4.69) is 48.0 Å². The van der Waals surface area contributed by atoms with Crippen molar-refractivity contribution >= 4 is 22.8 Å². The smallest absolute Gasteiger partial charge is 0.344 e.